The van der Waals surface area contributed by atoms with Crippen molar-refractivity contribution >= 4 is 11.6 Å². The molecule has 1 aliphatic carbocycles. The quantitative estimate of drug-likeness (QED) is 0.802. The molecule has 98 valence electrons. The number of nitrogens with two attached hydrogens (primary N) is 1. The number of hydrogen-bond acceptors (Lipinski definition) is 3. The van der Waals surface area contributed by atoms with E-state index in [1.807, 2.05) is 12.1 Å². The molecule has 1 aromatic rings. The van der Waals surface area contributed by atoms with Crippen LogP contribution in [0.2, 0.25) is 0 Å². The Morgan fingerprint density at radius 1 is 1.44 bits per heavy atom. The number of hydrogen-bond donors (Lipinski definition) is 2. The third-order valence-corrected chi connectivity index (χ3v) is 3.97. The molecule has 1 saturated carbocycles. The molecule has 0 bridgehead atoms. The molecule has 2 rings (SSSR count). The predicted octanol–water partition coefficient (Wildman–Crippen LogP) is 1.81. The van der Waals surface area contributed by atoms with Crippen LogP contribution >= 0.6 is 0 Å². The van der Waals surface area contributed by atoms with Crippen molar-refractivity contribution in [3.63, 3.8) is 0 Å². The first-order chi connectivity index (χ1) is 8.46. The SMILES string of the molecule is COC1CC(NC(=O)c2ccccc2N)C1(C)C. The molecule has 1 fully saturated rings. The molecule has 0 heterocycles. The van der Waals surface area contributed by atoms with Crippen LogP contribution < -0.4 is 11.1 Å². The number of methoxy groups -OCH3 is 1. The molecule has 4 nitrogen and oxygen atoms in total. The van der Waals surface area contributed by atoms with Gasteiger partial charge in [-0.25, -0.2) is 0 Å². The summed E-state index contributed by atoms with van der Waals surface area (Å²) in [6.07, 6.45) is 1.05. The van der Waals surface area contributed by atoms with Crippen molar-refractivity contribution in [1.82, 2.24) is 5.32 Å². The van der Waals surface area contributed by atoms with E-state index in [-0.39, 0.29) is 23.5 Å². The molecule has 1 aliphatic rings. The molecule has 2 atom stereocenters. The number of para-hydroxylation sites is 1. The third kappa shape index (κ3) is 2.08. The Morgan fingerprint density at radius 3 is 2.67 bits per heavy atom. The van der Waals surface area contributed by atoms with E-state index in [2.05, 4.69) is 19.2 Å². The Kier molecular flexibility index (Phi) is 3.30. The summed E-state index contributed by atoms with van der Waals surface area (Å²) in [4.78, 5) is 12.1. The van der Waals surface area contributed by atoms with Crippen LogP contribution in [0.3, 0.4) is 0 Å². The zero-order valence-corrected chi connectivity index (χ0v) is 11.1. The van der Waals surface area contributed by atoms with Gasteiger partial charge in [-0.15, -0.1) is 0 Å². The van der Waals surface area contributed by atoms with Crippen molar-refractivity contribution in [1.29, 1.82) is 0 Å². The molecular weight excluding hydrogens is 228 g/mol. The average molecular weight is 248 g/mol. The number of ether oxygens (including phenoxy) is 1. The Bertz CT molecular complexity index is 457. The highest BCUT2D eigenvalue weighted by Gasteiger charge is 2.49. The van der Waals surface area contributed by atoms with Crippen molar-refractivity contribution in [3.05, 3.63) is 29.8 Å². The van der Waals surface area contributed by atoms with E-state index < -0.39 is 0 Å². The van der Waals surface area contributed by atoms with Crippen LogP contribution in [0.25, 0.3) is 0 Å². The maximum atomic E-state index is 12.1. The predicted molar refractivity (Wildman–Crippen MR) is 71.3 cm³/mol. The average Bonchev–Trinajstić information content (AvgIpc) is 2.34. The summed E-state index contributed by atoms with van der Waals surface area (Å²) < 4.78 is 5.37. The minimum absolute atomic E-state index is 0.0338. The highest BCUT2D eigenvalue weighted by molar-refractivity contribution is 5.99. The second-order valence-corrected chi connectivity index (χ2v) is 5.39. The van der Waals surface area contributed by atoms with Crippen LogP contribution in [0.4, 0.5) is 5.69 Å². The van der Waals surface area contributed by atoms with Gasteiger partial charge in [0.25, 0.3) is 5.91 Å². The first kappa shape index (κ1) is 12.9. The summed E-state index contributed by atoms with van der Waals surface area (Å²) in [7, 11) is 1.71. The Labute approximate surface area is 108 Å². The fourth-order valence-electron chi connectivity index (χ4n) is 2.47. The van der Waals surface area contributed by atoms with E-state index >= 15 is 0 Å². The second-order valence-electron chi connectivity index (χ2n) is 5.39. The van der Waals surface area contributed by atoms with Gasteiger partial charge in [0.1, 0.15) is 0 Å². The van der Waals surface area contributed by atoms with Crippen LogP contribution in [-0.4, -0.2) is 25.2 Å². The summed E-state index contributed by atoms with van der Waals surface area (Å²) in [5, 5.41) is 3.03. The normalized spacial score (nSPS) is 25.3. The molecule has 18 heavy (non-hydrogen) atoms. The Morgan fingerprint density at radius 2 is 2.11 bits per heavy atom. The van der Waals surface area contributed by atoms with Crippen LogP contribution in [0, 0.1) is 5.41 Å². The fraction of sp³-hybridized carbons (Fsp3) is 0.500. The third-order valence-electron chi connectivity index (χ3n) is 3.97. The summed E-state index contributed by atoms with van der Waals surface area (Å²) in [5.41, 5.74) is 6.80. The maximum absolute atomic E-state index is 12.1. The minimum Gasteiger partial charge on any atom is -0.398 e. The monoisotopic (exact) mass is 248 g/mol. The highest BCUT2D eigenvalue weighted by atomic mass is 16.5. The molecular formula is C14H20N2O2. The molecule has 0 radical (unpaired) electrons. The van der Waals surface area contributed by atoms with Gasteiger partial charge in [0, 0.05) is 24.3 Å². The van der Waals surface area contributed by atoms with E-state index in [9.17, 15) is 4.79 Å². The molecule has 0 saturated heterocycles. The smallest absolute Gasteiger partial charge is 0.253 e. The first-order valence-electron chi connectivity index (χ1n) is 6.15. The van der Waals surface area contributed by atoms with E-state index in [0.29, 0.717) is 11.3 Å². The van der Waals surface area contributed by atoms with E-state index in [1.54, 1.807) is 19.2 Å². The maximum Gasteiger partial charge on any atom is 0.253 e. The van der Waals surface area contributed by atoms with Gasteiger partial charge in [-0.05, 0) is 18.6 Å². The molecule has 4 heteroatoms. The number of benzene rings is 1. The van der Waals surface area contributed by atoms with Gasteiger partial charge in [-0.2, -0.15) is 0 Å². The molecule has 2 unspecified atom stereocenters. The van der Waals surface area contributed by atoms with Crippen molar-refractivity contribution in [2.75, 3.05) is 12.8 Å². The number of amides is 1. The molecule has 1 aromatic carbocycles. The van der Waals surface area contributed by atoms with Gasteiger partial charge in [0.2, 0.25) is 0 Å². The van der Waals surface area contributed by atoms with Crippen molar-refractivity contribution in [3.8, 4) is 0 Å². The molecule has 0 aliphatic heterocycles. The summed E-state index contributed by atoms with van der Waals surface area (Å²) in [6.45, 7) is 4.20. The summed E-state index contributed by atoms with van der Waals surface area (Å²) in [5.74, 6) is -0.110. The van der Waals surface area contributed by atoms with Crippen LogP contribution in [0.1, 0.15) is 30.6 Å². The van der Waals surface area contributed by atoms with Gasteiger partial charge in [-0.3, -0.25) is 4.79 Å². The van der Waals surface area contributed by atoms with Crippen molar-refractivity contribution in [2.45, 2.75) is 32.4 Å². The lowest BCUT2D eigenvalue weighted by Gasteiger charge is -2.51. The molecule has 0 aromatic heterocycles. The number of nitrogens with one attached hydrogen (secondary N) is 1. The van der Waals surface area contributed by atoms with E-state index in [0.717, 1.165) is 6.42 Å². The van der Waals surface area contributed by atoms with Crippen LogP contribution in [0.5, 0.6) is 0 Å². The Hall–Kier alpha value is -1.55. The number of anilines is 1. The Balaban J connectivity index is 2.04. The van der Waals surface area contributed by atoms with Gasteiger partial charge in [0.15, 0.2) is 0 Å². The fourth-order valence-corrected chi connectivity index (χ4v) is 2.47. The zero-order chi connectivity index (χ0) is 13.3. The lowest BCUT2D eigenvalue weighted by Crippen LogP contribution is -2.61. The largest absolute Gasteiger partial charge is 0.398 e. The van der Waals surface area contributed by atoms with Crippen LogP contribution in [0.15, 0.2) is 24.3 Å². The van der Waals surface area contributed by atoms with E-state index in [1.165, 1.54) is 0 Å². The lowest BCUT2D eigenvalue weighted by atomic mass is 9.64. The number of carbonyl (C=O) groups excluding carboxylic acids is 1. The zero-order valence-electron chi connectivity index (χ0n) is 11.1. The minimum atomic E-state index is -0.110. The van der Waals surface area contributed by atoms with Gasteiger partial charge < -0.3 is 15.8 Å². The van der Waals surface area contributed by atoms with E-state index in [4.69, 9.17) is 10.5 Å². The summed E-state index contributed by atoms with van der Waals surface area (Å²) in [6, 6.07) is 7.24. The highest BCUT2D eigenvalue weighted by Crippen LogP contribution is 2.42. The summed E-state index contributed by atoms with van der Waals surface area (Å²) >= 11 is 0. The van der Waals surface area contributed by atoms with Gasteiger partial charge in [0.05, 0.1) is 11.7 Å². The topological polar surface area (TPSA) is 64.3 Å². The number of carbonyl (C=O) groups is 1. The lowest BCUT2D eigenvalue weighted by molar-refractivity contribution is -0.0942. The molecule has 0 spiro atoms. The van der Waals surface area contributed by atoms with Crippen molar-refractivity contribution < 1.29 is 9.53 Å². The molecule has 3 N–H and O–H groups in total. The van der Waals surface area contributed by atoms with Crippen LogP contribution in [-0.2, 0) is 4.74 Å². The van der Waals surface area contributed by atoms with Gasteiger partial charge in [-0.1, -0.05) is 26.0 Å². The second kappa shape index (κ2) is 4.61. The first-order valence-corrected chi connectivity index (χ1v) is 6.15. The van der Waals surface area contributed by atoms with Crippen molar-refractivity contribution in [2.24, 2.45) is 5.41 Å². The van der Waals surface area contributed by atoms with Gasteiger partial charge >= 0.3 is 0 Å². The number of nitrogen functional groups attached to an aromatic ring is 1. The standard InChI is InChI=1S/C14H20N2O2/c1-14(2)11(8-12(14)18-3)16-13(17)9-6-4-5-7-10(9)15/h4-7,11-12H,8,15H2,1-3H3,(H,16,17). The molecule has 1 amide bonds. The number of rotatable bonds is 3.